The average Bonchev–Trinajstić information content (AvgIpc) is 3.10. The van der Waals surface area contributed by atoms with E-state index in [0.29, 0.717) is 35.9 Å². The molecule has 128 valence electrons. The van der Waals surface area contributed by atoms with Crippen molar-refractivity contribution in [2.75, 3.05) is 18.9 Å². The summed E-state index contributed by atoms with van der Waals surface area (Å²) in [5.74, 6) is 0.395. The van der Waals surface area contributed by atoms with E-state index in [1.165, 1.54) is 0 Å². The Morgan fingerprint density at radius 1 is 1.28 bits per heavy atom. The quantitative estimate of drug-likeness (QED) is 0.634. The molecule has 3 aromatic rings. The highest BCUT2D eigenvalue weighted by Gasteiger charge is 2.22. The Morgan fingerprint density at radius 2 is 2.12 bits per heavy atom. The molecule has 0 amide bonds. The maximum Gasteiger partial charge on any atom is 0.225 e. The topological polar surface area (TPSA) is 110 Å². The van der Waals surface area contributed by atoms with Crippen molar-refractivity contribution in [1.82, 2.24) is 15.0 Å². The summed E-state index contributed by atoms with van der Waals surface area (Å²) in [6.45, 7) is 1.35. The highest BCUT2D eigenvalue weighted by molar-refractivity contribution is 6.15. The Bertz CT molecular complexity index is 915. The molecule has 1 fully saturated rings. The molecular formula is C18H19N5O2. The van der Waals surface area contributed by atoms with Crippen LogP contribution < -0.4 is 10.5 Å². The molecule has 7 nitrogen and oxygen atoms in total. The summed E-state index contributed by atoms with van der Waals surface area (Å²) in [5.41, 5.74) is 8.83. The first-order valence-corrected chi connectivity index (χ1v) is 8.23. The van der Waals surface area contributed by atoms with Crippen molar-refractivity contribution in [3.05, 3.63) is 47.9 Å². The van der Waals surface area contributed by atoms with Gasteiger partial charge in [0, 0.05) is 48.1 Å². The molecule has 0 aliphatic carbocycles. The number of aromatic amines is 1. The Balaban J connectivity index is 1.69. The van der Waals surface area contributed by atoms with Crippen molar-refractivity contribution >= 4 is 22.4 Å². The van der Waals surface area contributed by atoms with Crippen molar-refractivity contribution in [3.8, 4) is 5.88 Å². The van der Waals surface area contributed by atoms with E-state index in [1.54, 1.807) is 18.5 Å². The predicted octanol–water partition coefficient (Wildman–Crippen LogP) is 2.51. The molecular weight excluding hydrogens is 318 g/mol. The maximum atomic E-state index is 8.62. The summed E-state index contributed by atoms with van der Waals surface area (Å²) in [6, 6.07) is 5.51. The number of fused-ring (bicyclic) bond motifs is 1. The third kappa shape index (κ3) is 3.06. The number of hydrogen-bond acceptors (Lipinski definition) is 6. The van der Waals surface area contributed by atoms with Crippen LogP contribution in [0.25, 0.3) is 11.0 Å². The van der Waals surface area contributed by atoms with Crippen molar-refractivity contribution in [2.24, 2.45) is 0 Å². The Kier molecular flexibility index (Phi) is 4.07. The number of hydrogen-bond donors (Lipinski definition) is 3. The van der Waals surface area contributed by atoms with Gasteiger partial charge in [0.25, 0.3) is 0 Å². The number of rotatable bonds is 4. The zero-order valence-corrected chi connectivity index (χ0v) is 13.7. The van der Waals surface area contributed by atoms with Crippen LogP contribution in [0.3, 0.4) is 0 Å². The minimum Gasteiger partial charge on any atom is -0.474 e. The summed E-state index contributed by atoms with van der Waals surface area (Å²) in [5, 5.41) is 9.56. The number of nitrogens with two attached hydrogens (primary N) is 1. The number of pyridine rings is 2. The summed E-state index contributed by atoms with van der Waals surface area (Å²) >= 11 is 0. The molecule has 1 saturated heterocycles. The number of aromatic nitrogens is 3. The van der Waals surface area contributed by atoms with E-state index >= 15 is 0 Å². The average molecular weight is 337 g/mol. The molecule has 0 bridgehead atoms. The lowest BCUT2D eigenvalue weighted by atomic mass is 10.0. The second-order valence-electron chi connectivity index (χ2n) is 6.02. The summed E-state index contributed by atoms with van der Waals surface area (Å²) in [7, 11) is 0. The smallest absolute Gasteiger partial charge is 0.225 e. The molecule has 7 heteroatoms. The van der Waals surface area contributed by atoms with Crippen molar-refractivity contribution in [3.63, 3.8) is 0 Å². The normalized spacial score (nSPS) is 15.4. The van der Waals surface area contributed by atoms with Crippen LogP contribution in [0.2, 0.25) is 0 Å². The van der Waals surface area contributed by atoms with Gasteiger partial charge in [-0.1, -0.05) is 0 Å². The monoisotopic (exact) mass is 337 g/mol. The highest BCUT2D eigenvalue weighted by atomic mass is 16.5. The van der Waals surface area contributed by atoms with Gasteiger partial charge in [0.1, 0.15) is 11.8 Å². The Morgan fingerprint density at radius 3 is 2.96 bits per heavy atom. The molecule has 0 aromatic carbocycles. The SMILES string of the molecule is N=C(c1cnc2[nH]ccc2c1)c1c(N)ccnc1OC1CCOCC1. The van der Waals surface area contributed by atoms with Crippen LogP contribution in [0.1, 0.15) is 24.0 Å². The molecule has 1 aliphatic rings. The fourth-order valence-corrected chi connectivity index (χ4v) is 2.97. The van der Waals surface area contributed by atoms with Gasteiger partial charge in [0.05, 0.1) is 24.5 Å². The van der Waals surface area contributed by atoms with Gasteiger partial charge in [-0.3, -0.25) is 5.41 Å². The van der Waals surface area contributed by atoms with Gasteiger partial charge >= 0.3 is 0 Å². The number of anilines is 1. The molecule has 4 N–H and O–H groups in total. The first-order valence-electron chi connectivity index (χ1n) is 8.23. The number of H-pyrrole nitrogens is 1. The third-order valence-electron chi connectivity index (χ3n) is 4.33. The Labute approximate surface area is 144 Å². The van der Waals surface area contributed by atoms with E-state index in [2.05, 4.69) is 15.0 Å². The van der Waals surface area contributed by atoms with E-state index in [9.17, 15) is 0 Å². The van der Waals surface area contributed by atoms with Crippen molar-refractivity contribution in [1.29, 1.82) is 5.41 Å². The van der Waals surface area contributed by atoms with Crippen LogP contribution in [0.4, 0.5) is 5.69 Å². The fraction of sp³-hybridized carbons (Fsp3) is 0.278. The molecule has 4 rings (SSSR count). The van der Waals surface area contributed by atoms with Gasteiger partial charge in [-0.15, -0.1) is 0 Å². The standard InChI is InChI=1S/C18H19N5O2/c19-14-2-6-22-18(25-13-3-7-24-8-4-13)15(14)16(20)12-9-11-1-5-21-17(11)23-10-12/h1-2,5-6,9-10,13,20H,3-4,7-8H2,(H2,19,22)(H,21,23). The van der Waals surface area contributed by atoms with Crippen LogP contribution in [0, 0.1) is 5.41 Å². The lowest BCUT2D eigenvalue weighted by Gasteiger charge is -2.24. The lowest BCUT2D eigenvalue weighted by Crippen LogP contribution is -2.27. The molecule has 1 aliphatic heterocycles. The lowest BCUT2D eigenvalue weighted by molar-refractivity contribution is 0.0237. The maximum absolute atomic E-state index is 8.62. The summed E-state index contributed by atoms with van der Waals surface area (Å²) in [6.07, 6.45) is 6.73. The second-order valence-corrected chi connectivity index (χ2v) is 6.02. The van der Waals surface area contributed by atoms with E-state index in [4.69, 9.17) is 20.6 Å². The van der Waals surface area contributed by atoms with Gasteiger partial charge in [-0.2, -0.15) is 0 Å². The molecule has 4 heterocycles. The zero-order chi connectivity index (χ0) is 17.2. The van der Waals surface area contributed by atoms with Crippen LogP contribution in [0.15, 0.2) is 36.8 Å². The number of ether oxygens (including phenoxy) is 2. The van der Waals surface area contributed by atoms with Crippen LogP contribution in [-0.4, -0.2) is 40.0 Å². The molecule has 0 unspecified atom stereocenters. The van der Waals surface area contributed by atoms with E-state index in [0.717, 1.165) is 23.9 Å². The van der Waals surface area contributed by atoms with Gasteiger partial charge in [-0.25, -0.2) is 9.97 Å². The van der Waals surface area contributed by atoms with Crippen molar-refractivity contribution in [2.45, 2.75) is 18.9 Å². The first-order chi connectivity index (χ1) is 12.2. The number of nitrogens with zero attached hydrogens (tertiary/aromatic N) is 2. The summed E-state index contributed by atoms with van der Waals surface area (Å²) < 4.78 is 11.4. The molecule has 0 atom stereocenters. The molecule has 25 heavy (non-hydrogen) atoms. The third-order valence-corrected chi connectivity index (χ3v) is 4.33. The van der Waals surface area contributed by atoms with Crippen LogP contribution in [-0.2, 0) is 4.74 Å². The van der Waals surface area contributed by atoms with E-state index in [-0.39, 0.29) is 11.8 Å². The minimum atomic E-state index is 0.0277. The van der Waals surface area contributed by atoms with Crippen LogP contribution >= 0.6 is 0 Å². The van der Waals surface area contributed by atoms with Gasteiger partial charge in [-0.05, 0) is 18.2 Å². The predicted molar refractivity (Wildman–Crippen MR) is 95.1 cm³/mol. The first kappa shape index (κ1) is 15.6. The number of nitrogen functional groups attached to an aromatic ring is 1. The van der Waals surface area contributed by atoms with Crippen LogP contribution in [0.5, 0.6) is 5.88 Å². The van der Waals surface area contributed by atoms with Crippen molar-refractivity contribution < 1.29 is 9.47 Å². The van der Waals surface area contributed by atoms with E-state index in [1.807, 2.05) is 18.3 Å². The fourth-order valence-electron chi connectivity index (χ4n) is 2.97. The molecule has 0 spiro atoms. The Hall–Kier alpha value is -2.93. The van der Waals surface area contributed by atoms with E-state index < -0.39 is 0 Å². The molecule has 3 aromatic heterocycles. The largest absolute Gasteiger partial charge is 0.474 e. The highest BCUT2D eigenvalue weighted by Crippen LogP contribution is 2.28. The van der Waals surface area contributed by atoms with Gasteiger partial charge in [0.15, 0.2) is 0 Å². The minimum absolute atomic E-state index is 0.0277. The van der Waals surface area contributed by atoms with Gasteiger partial charge in [0.2, 0.25) is 5.88 Å². The summed E-state index contributed by atoms with van der Waals surface area (Å²) in [4.78, 5) is 11.7. The second kappa shape index (κ2) is 6.52. The zero-order valence-electron chi connectivity index (χ0n) is 13.7. The van der Waals surface area contributed by atoms with Gasteiger partial charge < -0.3 is 20.2 Å². The molecule has 0 radical (unpaired) electrons. The molecule has 0 saturated carbocycles. The number of nitrogens with one attached hydrogen (secondary N) is 2.